The molecule has 0 aliphatic heterocycles. The van der Waals surface area contributed by atoms with Gasteiger partial charge in [0.25, 0.3) is 0 Å². The maximum atomic E-state index is 5.85. The molecule has 0 fully saturated rings. The highest BCUT2D eigenvalue weighted by Crippen LogP contribution is 2.22. The molecule has 4 rings (SSSR count). The number of hydrogen-bond acceptors (Lipinski definition) is 6. The number of ether oxygens (including phenoxy) is 2. The van der Waals surface area contributed by atoms with E-state index in [4.69, 9.17) is 9.47 Å². The van der Waals surface area contributed by atoms with Crippen LogP contribution in [0.1, 0.15) is 276 Å². The molecule has 0 saturated heterocycles. The van der Waals surface area contributed by atoms with Gasteiger partial charge in [-0.05, 0) is 49.7 Å². The van der Waals surface area contributed by atoms with Crippen molar-refractivity contribution in [1.82, 2.24) is 19.9 Å². The Morgan fingerprint density at radius 2 is 0.493 bits per heavy atom. The molecule has 2 aromatic carbocycles. The van der Waals surface area contributed by atoms with E-state index in [-0.39, 0.29) is 0 Å². The van der Waals surface area contributed by atoms with Crippen LogP contribution in [0.5, 0.6) is 11.5 Å². The van der Waals surface area contributed by atoms with Crippen LogP contribution in [0, 0.1) is 0 Å². The fraction of sp³-hybridized carbons (Fsp3) is 0.692. The minimum Gasteiger partial charge on any atom is -0.490 e. The largest absolute Gasteiger partial charge is 0.490 e. The highest BCUT2D eigenvalue weighted by Gasteiger charge is 2.06. The summed E-state index contributed by atoms with van der Waals surface area (Å²) in [5.41, 5.74) is 4.98. The number of aromatic nitrogens is 4. The summed E-state index contributed by atoms with van der Waals surface area (Å²) < 4.78 is 11.7. The van der Waals surface area contributed by atoms with Gasteiger partial charge in [0.1, 0.15) is 0 Å². The van der Waals surface area contributed by atoms with E-state index in [1.165, 1.54) is 249 Å². The number of aryl methyl sites for hydroxylation is 2. The molecule has 2 heterocycles. The highest BCUT2D eigenvalue weighted by molar-refractivity contribution is 5.56. The van der Waals surface area contributed by atoms with Gasteiger partial charge in [-0.1, -0.05) is 288 Å². The predicted octanol–water partition coefficient (Wildman–Crippen LogP) is 20.6. The molecule has 0 bridgehead atoms. The van der Waals surface area contributed by atoms with Crippen molar-refractivity contribution in [3.63, 3.8) is 0 Å². The standard InChI is InChI=1S/C33H54N2O.C32H52N2O/c1-3-5-7-9-11-13-14-16-18-20-22-30-23-25-31(26-24-30)33-34-28-32(29-35-33)36-27-21-19-17-15-12-10-8-6-4-2;1-3-5-7-9-11-13-15-17-19-21-29-22-24-30(25-23-29)32-33-27-31(28-34-32)35-26-20-18-16-14-12-10-8-6-4-2/h23-26,28-29H,3-22,27H2,1-2H3;22-25,27-28H,3-21,26H2,1-2H3. The van der Waals surface area contributed by atoms with Gasteiger partial charge in [-0.3, -0.25) is 0 Å². The Balaban J connectivity index is 0.000000375. The van der Waals surface area contributed by atoms with Crippen molar-refractivity contribution in [1.29, 1.82) is 0 Å². The molecule has 6 nitrogen and oxygen atoms in total. The Morgan fingerprint density at radius 1 is 0.268 bits per heavy atom. The van der Waals surface area contributed by atoms with Gasteiger partial charge in [-0.25, -0.2) is 19.9 Å². The first-order chi connectivity index (χ1) is 35.2. The molecule has 0 atom stereocenters. The van der Waals surface area contributed by atoms with Crippen LogP contribution in [0.2, 0.25) is 0 Å². The molecule has 6 heteroatoms. The minimum atomic E-state index is 0.756. The first kappa shape index (κ1) is 61.5. The second kappa shape index (κ2) is 44.9. The third-order valence-corrected chi connectivity index (χ3v) is 14.1. The average Bonchev–Trinajstić information content (AvgIpc) is 3.40. The third-order valence-electron chi connectivity index (χ3n) is 14.1. The highest BCUT2D eigenvalue weighted by atomic mass is 16.5. The van der Waals surface area contributed by atoms with Crippen molar-refractivity contribution in [2.24, 2.45) is 0 Å². The lowest BCUT2D eigenvalue weighted by atomic mass is 10.0. The molecule has 0 aliphatic carbocycles. The molecule has 71 heavy (non-hydrogen) atoms. The first-order valence-corrected chi connectivity index (χ1v) is 30.2. The van der Waals surface area contributed by atoms with Crippen LogP contribution in [0.25, 0.3) is 22.8 Å². The summed E-state index contributed by atoms with van der Waals surface area (Å²) in [6, 6.07) is 17.6. The zero-order chi connectivity index (χ0) is 50.3. The lowest BCUT2D eigenvalue weighted by Gasteiger charge is -2.07. The van der Waals surface area contributed by atoms with E-state index < -0.39 is 0 Å². The zero-order valence-electron chi connectivity index (χ0n) is 46.5. The van der Waals surface area contributed by atoms with E-state index in [9.17, 15) is 0 Å². The normalized spacial score (nSPS) is 11.2. The molecule has 0 amide bonds. The molecule has 2 aromatic heterocycles. The van der Waals surface area contributed by atoms with Crippen LogP contribution in [0.3, 0.4) is 0 Å². The zero-order valence-corrected chi connectivity index (χ0v) is 46.5. The van der Waals surface area contributed by atoms with Gasteiger partial charge in [0.15, 0.2) is 23.1 Å². The van der Waals surface area contributed by atoms with Crippen molar-refractivity contribution >= 4 is 0 Å². The van der Waals surface area contributed by atoms with Crippen LogP contribution in [-0.4, -0.2) is 33.1 Å². The first-order valence-electron chi connectivity index (χ1n) is 30.2. The molecular formula is C65H106N4O2. The summed E-state index contributed by atoms with van der Waals surface area (Å²) in [7, 11) is 0. The van der Waals surface area contributed by atoms with E-state index in [0.29, 0.717) is 0 Å². The number of nitrogens with zero attached hydrogens (tertiary/aromatic N) is 4. The summed E-state index contributed by atoms with van der Waals surface area (Å²) in [5.74, 6) is 3.09. The molecule has 0 radical (unpaired) electrons. The van der Waals surface area contributed by atoms with Crippen LogP contribution < -0.4 is 9.47 Å². The minimum absolute atomic E-state index is 0.756. The van der Waals surface area contributed by atoms with Crippen molar-refractivity contribution in [3.05, 3.63) is 84.4 Å². The summed E-state index contributed by atoms with van der Waals surface area (Å²) in [6.45, 7) is 10.6. The van der Waals surface area contributed by atoms with Gasteiger partial charge in [-0.15, -0.1) is 0 Å². The lowest BCUT2D eigenvalue weighted by Crippen LogP contribution is -1.99. The van der Waals surface area contributed by atoms with Crippen molar-refractivity contribution in [3.8, 4) is 34.3 Å². The van der Waals surface area contributed by atoms with E-state index in [1.54, 1.807) is 0 Å². The average molecular weight is 976 g/mol. The second-order valence-electron chi connectivity index (χ2n) is 20.7. The molecule has 0 N–H and O–H groups in total. The SMILES string of the molecule is CCCCCCCCCCCCc1ccc(-c2ncc(OCCCCCCCCCCC)cn2)cc1.CCCCCCCCCCCOc1cnc(-c2ccc(CCCCCCCCCCC)cc2)nc1. The summed E-state index contributed by atoms with van der Waals surface area (Å²) in [4.78, 5) is 18.1. The van der Waals surface area contributed by atoms with E-state index in [1.807, 2.05) is 24.8 Å². The van der Waals surface area contributed by atoms with E-state index >= 15 is 0 Å². The topological polar surface area (TPSA) is 70.0 Å². The maximum Gasteiger partial charge on any atom is 0.159 e. The Morgan fingerprint density at radius 3 is 0.746 bits per heavy atom. The fourth-order valence-corrected chi connectivity index (χ4v) is 9.38. The Labute approximate surface area is 437 Å². The van der Waals surface area contributed by atoms with Crippen molar-refractivity contribution < 1.29 is 9.47 Å². The number of rotatable bonds is 45. The number of hydrogen-bond donors (Lipinski definition) is 0. The van der Waals surface area contributed by atoms with Crippen molar-refractivity contribution in [2.75, 3.05) is 13.2 Å². The summed E-state index contributed by atoms with van der Waals surface area (Å²) in [6.07, 6.45) is 59.7. The molecule has 398 valence electrons. The molecule has 0 spiro atoms. The second-order valence-corrected chi connectivity index (χ2v) is 20.7. The predicted molar refractivity (Wildman–Crippen MR) is 307 cm³/mol. The van der Waals surface area contributed by atoms with Gasteiger partial charge >= 0.3 is 0 Å². The molecule has 4 aromatic rings. The van der Waals surface area contributed by atoms with Gasteiger partial charge < -0.3 is 9.47 Å². The van der Waals surface area contributed by atoms with Gasteiger partial charge in [-0.2, -0.15) is 0 Å². The van der Waals surface area contributed by atoms with Crippen LogP contribution in [0.4, 0.5) is 0 Å². The quantitative estimate of drug-likeness (QED) is 0.0411. The summed E-state index contributed by atoms with van der Waals surface area (Å²) in [5, 5.41) is 0. The van der Waals surface area contributed by atoms with Crippen molar-refractivity contribution in [2.45, 2.75) is 278 Å². The van der Waals surface area contributed by atoms with Crippen LogP contribution in [0.15, 0.2) is 73.3 Å². The Hall–Kier alpha value is -3.80. The number of unbranched alkanes of at least 4 members (excludes halogenated alkanes) is 33. The maximum absolute atomic E-state index is 5.85. The molecule has 0 saturated carbocycles. The van der Waals surface area contributed by atoms with E-state index in [0.717, 1.165) is 60.3 Å². The summed E-state index contributed by atoms with van der Waals surface area (Å²) >= 11 is 0. The van der Waals surface area contributed by atoms with E-state index in [2.05, 4.69) is 96.2 Å². The Bertz CT molecular complexity index is 1660. The number of benzene rings is 2. The molecule has 0 unspecified atom stereocenters. The van der Waals surface area contributed by atoms with Crippen LogP contribution >= 0.6 is 0 Å². The van der Waals surface area contributed by atoms with Gasteiger partial charge in [0, 0.05) is 11.1 Å². The van der Waals surface area contributed by atoms with Gasteiger partial charge in [0.05, 0.1) is 38.0 Å². The Kier molecular flexibility index (Phi) is 38.9. The smallest absolute Gasteiger partial charge is 0.159 e. The third kappa shape index (κ3) is 32.8. The molecule has 0 aliphatic rings. The fourth-order valence-electron chi connectivity index (χ4n) is 9.38. The van der Waals surface area contributed by atoms with Crippen LogP contribution in [-0.2, 0) is 12.8 Å². The monoisotopic (exact) mass is 975 g/mol. The molecular weight excluding hydrogens is 869 g/mol. The lowest BCUT2D eigenvalue weighted by molar-refractivity contribution is 0.302. The van der Waals surface area contributed by atoms with Gasteiger partial charge in [0.2, 0.25) is 0 Å².